The molecule has 0 unspecified atom stereocenters. The molecule has 1 fully saturated rings. The summed E-state index contributed by atoms with van der Waals surface area (Å²) in [6.07, 6.45) is 2.63. The zero-order valence-corrected chi connectivity index (χ0v) is 14.4. The lowest BCUT2D eigenvalue weighted by Gasteiger charge is -2.18. The van der Waals surface area contributed by atoms with E-state index in [1.807, 2.05) is 36.2 Å². The molecule has 0 bridgehead atoms. The summed E-state index contributed by atoms with van der Waals surface area (Å²) in [7, 11) is 1.89. The van der Waals surface area contributed by atoms with Crippen molar-refractivity contribution >= 4 is 11.8 Å². The fraction of sp³-hybridized carbons (Fsp3) is 0.353. The smallest absolute Gasteiger partial charge is 0.246 e. The molecule has 1 saturated heterocycles. The van der Waals surface area contributed by atoms with Crippen molar-refractivity contribution in [1.29, 1.82) is 0 Å². The van der Waals surface area contributed by atoms with E-state index in [-0.39, 0.29) is 11.9 Å². The average molecular weight is 353 g/mol. The van der Waals surface area contributed by atoms with Crippen molar-refractivity contribution in [1.82, 2.24) is 25.1 Å². The van der Waals surface area contributed by atoms with Crippen molar-refractivity contribution in [2.24, 2.45) is 0 Å². The maximum absolute atomic E-state index is 5.89. The Bertz CT molecular complexity index is 878. The minimum atomic E-state index is 0.246. The Morgan fingerprint density at radius 1 is 1.27 bits per heavy atom. The van der Waals surface area contributed by atoms with Crippen LogP contribution in [0.1, 0.15) is 23.9 Å². The number of hydrogen-bond donors (Lipinski definition) is 1. The Labute approximate surface area is 150 Å². The predicted molar refractivity (Wildman–Crippen MR) is 94.3 cm³/mol. The maximum Gasteiger partial charge on any atom is 0.246 e. The van der Waals surface area contributed by atoms with E-state index >= 15 is 0 Å². The second-order valence-electron chi connectivity index (χ2n) is 6.15. The van der Waals surface area contributed by atoms with Gasteiger partial charge in [-0.25, -0.2) is 4.98 Å². The Morgan fingerprint density at radius 3 is 2.96 bits per heavy atom. The van der Waals surface area contributed by atoms with Crippen molar-refractivity contribution in [3.63, 3.8) is 0 Å². The second kappa shape index (κ2) is 7.04. The molecule has 1 aliphatic rings. The van der Waals surface area contributed by atoms with Crippen LogP contribution in [-0.2, 0) is 11.3 Å². The first-order valence-electron chi connectivity index (χ1n) is 8.36. The van der Waals surface area contributed by atoms with Crippen LogP contribution in [0.5, 0.6) is 0 Å². The van der Waals surface area contributed by atoms with Gasteiger partial charge in [0.25, 0.3) is 0 Å². The van der Waals surface area contributed by atoms with E-state index in [0.29, 0.717) is 36.4 Å². The molecule has 0 saturated carbocycles. The summed E-state index contributed by atoms with van der Waals surface area (Å²) in [5, 5.41) is 3.98. The van der Waals surface area contributed by atoms with Gasteiger partial charge in [-0.1, -0.05) is 11.2 Å². The SMILES string of the molecule is CN(Cc1nc(-c2ccccn2)no1)c1cc([C@H]2CCOC2)nc(N)n1. The predicted octanol–water partition coefficient (Wildman–Crippen LogP) is 1.64. The van der Waals surface area contributed by atoms with Gasteiger partial charge in [-0.2, -0.15) is 9.97 Å². The molecule has 134 valence electrons. The van der Waals surface area contributed by atoms with Crippen LogP contribution in [0.15, 0.2) is 35.0 Å². The van der Waals surface area contributed by atoms with Crippen LogP contribution >= 0.6 is 0 Å². The molecule has 2 N–H and O–H groups in total. The van der Waals surface area contributed by atoms with Crippen molar-refractivity contribution in [2.75, 3.05) is 30.9 Å². The van der Waals surface area contributed by atoms with Gasteiger partial charge in [0.15, 0.2) is 0 Å². The van der Waals surface area contributed by atoms with E-state index in [4.69, 9.17) is 15.0 Å². The third kappa shape index (κ3) is 3.47. The highest BCUT2D eigenvalue weighted by Gasteiger charge is 2.21. The highest BCUT2D eigenvalue weighted by molar-refractivity contribution is 5.47. The average Bonchev–Trinajstić information content (AvgIpc) is 3.34. The van der Waals surface area contributed by atoms with Crippen LogP contribution in [0.4, 0.5) is 11.8 Å². The fourth-order valence-corrected chi connectivity index (χ4v) is 2.85. The highest BCUT2D eigenvalue weighted by atomic mass is 16.5. The monoisotopic (exact) mass is 353 g/mol. The number of aromatic nitrogens is 5. The molecule has 0 aliphatic carbocycles. The summed E-state index contributed by atoms with van der Waals surface area (Å²) in [6.45, 7) is 1.81. The third-order valence-corrected chi connectivity index (χ3v) is 4.22. The van der Waals surface area contributed by atoms with Crippen molar-refractivity contribution in [2.45, 2.75) is 18.9 Å². The largest absolute Gasteiger partial charge is 0.381 e. The minimum absolute atomic E-state index is 0.246. The molecule has 26 heavy (non-hydrogen) atoms. The molecule has 0 amide bonds. The van der Waals surface area contributed by atoms with Gasteiger partial charge in [-0.3, -0.25) is 4.98 Å². The Kier molecular flexibility index (Phi) is 4.44. The first kappa shape index (κ1) is 16.4. The van der Waals surface area contributed by atoms with Crippen LogP contribution in [0, 0.1) is 0 Å². The molecule has 4 heterocycles. The minimum Gasteiger partial charge on any atom is -0.381 e. The van der Waals surface area contributed by atoms with Crippen molar-refractivity contribution < 1.29 is 9.26 Å². The van der Waals surface area contributed by atoms with E-state index in [1.54, 1.807) is 6.20 Å². The summed E-state index contributed by atoms with van der Waals surface area (Å²) in [5.74, 6) is 2.13. The normalized spacial score (nSPS) is 16.7. The quantitative estimate of drug-likeness (QED) is 0.730. The number of nitrogens with zero attached hydrogens (tertiary/aromatic N) is 6. The van der Waals surface area contributed by atoms with E-state index < -0.39 is 0 Å². The lowest BCUT2D eigenvalue weighted by atomic mass is 10.0. The number of pyridine rings is 1. The summed E-state index contributed by atoms with van der Waals surface area (Å²) < 4.78 is 10.8. The standard InChI is InChI=1S/C17H19N7O2/c1-24(9-15-22-16(23-26-15)12-4-2-3-6-19-12)14-8-13(20-17(18)21-14)11-5-7-25-10-11/h2-4,6,8,11H,5,7,9-10H2,1H3,(H2,18,20,21)/t11-/m0/s1. The topological polar surface area (TPSA) is 116 Å². The lowest BCUT2D eigenvalue weighted by molar-refractivity contribution is 0.193. The zero-order chi connectivity index (χ0) is 17.9. The first-order chi connectivity index (χ1) is 12.7. The second-order valence-corrected chi connectivity index (χ2v) is 6.15. The van der Waals surface area contributed by atoms with Crippen LogP contribution in [-0.4, -0.2) is 45.4 Å². The highest BCUT2D eigenvalue weighted by Crippen LogP contribution is 2.26. The van der Waals surface area contributed by atoms with Gasteiger partial charge in [-0.15, -0.1) is 0 Å². The first-order valence-corrected chi connectivity index (χ1v) is 8.36. The molecule has 4 rings (SSSR count). The Morgan fingerprint density at radius 2 is 2.19 bits per heavy atom. The Balaban J connectivity index is 1.51. The number of ether oxygens (including phenoxy) is 1. The van der Waals surface area contributed by atoms with Gasteiger partial charge in [0, 0.05) is 31.8 Å². The molecular formula is C17H19N7O2. The van der Waals surface area contributed by atoms with E-state index in [9.17, 15) is 0 Å². The number of hydrogen-bond acceptors (Lipinski definition) is 9. The molecule has 0 radical (unpaired) electrons. The molecule has 1 atom stereocenters. The Hall–Kier alpha value is -3.07. The zero-order valence-electron chi connectivity index (χ0n) is 14.4. The van der Waals surface area contributed by atoms with Crippen LogP contribution < -0.4 is 10.6 Å². The molecule has 9 heteroatoms. The number of anilines is 2. The van der Waals surface area contributed by atoms with E-state index in [2.05, 4.69) is 25.1 Å². The third-order valence-electron chi connectivity index (χ3n) is 4.22. The summed E-state index contributed by atoms with van der Waals surface area (Å²) in [4.78, 5) is 19.2. The number of nitrogens with two attached hydrogens (primary N) is 1. The van der Waals surface area contributed by atoms with Gasteiger partial charge in [-0.05, 0) is 18.6 Å². The molecule has 0 spiro atoms. The molecule has 1 aliphatic heterocycles. The van der Waals surface area contributed by atoms with Gasteiger partial charge < -0.3 is 19.9 Å². The number of rotatable bonds is 5. The molecular weight excluding hydrogens is 334 g/mol. The molecule has 3 aromatic heterocycles. The molecule has 9 nitrogen and oxygen atoms in total. The summed E-state index contributed by atoms with van der Waals surface area (Å²) in [6, 6.07) is 7.48. The molecule has 0 aromatic carbocycles. The summed E-state index contributed by atoms with van der Waals surface area (Å²) >= 11 is 0. The molecule has 3 aromatic rings. The van der Waals surface area contributed by atoms with Crippen molar-refractivity contribution in [3.8, 4) is 11.5 Å². The van der Waals surface area contributed by atoms with Gasteiger partial charge in [0.1, 0.15) is 11.5 Å². The van der Waals surface area contributed by atoms with Gasteiger partial charge in [0.05, 0.1) is 18.8 Å². The van der Waals surface area contributed by atoms with Crippen LogP contribution in [0.3, 0.4) is 0 Å². The number of nitrogen functional groups attached to an aromatic ring is 1. The van der Waals surface area contributed by atoms with Gasteiger partial charge >= 0.3 is 0 Å². The fourth-order valence-electron chi connectivity index (χ4n) is 2.85. The maximum atomic E-state index is 5.89. The van der Waals surface area contributed by atoms with Gasteiger partial charge in [0.2, 0.25) is 17.7 Å². The lowest BCUT2D eigenvalue weighted by Crippen LogP contribution is -2.20. The van der Waals surface area contributed by atoms with Crippen molar-refractivity contribution in [3.05, 3.63) is 42.0 Å². The van der Waals surface area contributed by atoms with E-state index in [0.717, 1.165) is 18.7 Å². The van der Waals surface area contributed by atoms with Crippen LogP contribution in [0.25, 0.3) is 11.5 Å². The van der Waals surface area contributed by atoms with E-state index in [1.165, 1.54) is 0 Å². The summed E-state index contributed by atoms with van der Waals surface area (Å²) in [5.41, 5.74) is 7.46. The van der Waals surface area contributed by atoms with Crippen LogP contribution in [0.2, 0.25) is 0 Å².